The van der Waals surface area contributed by atoms with Crippen molar-refractivity contribution in [1.82, 2.24) is 14.8 Å². The van der Waals surface area contributed by atoms with E-state index < -0.39 is 0 Å². The van der Waals surface area contributed by atoms with Crippen molar-refractivity contribution in [2.75, 3.05) is 6.54 Å². The van der Waals surface area contributed by atoms with Gasteiger partial charge in [-0.3, -0.25) is 4.68 Å². The highest BCUT2D eigenvalue weighted by Gasteiger charge is 2.34. The van der Waals surface area contributed by atoms with Gasteiger partial charge in [-0.25, -0.2) is 4.98 Å². The maximum Gasteiger partial charge on any atom is 0.138 e. The maximum atomic E-state index is 6.18. The first-order valence-electron chi connectivity index (χ1n) is 7.90. The summed E-state index contributed by atoms with van der Waals surface area (Å²) >= 11 is 0. The zero-order valence-corrected chi connectivity index (χ0v) is 12.8. The monoisotopic (exact) mass is 284 g/mol. The molecular formula is C17H24N4. The van der Waals surface area contributed by atoms with Crippen LogP contribution in [0.2, 0.25) is 0 Å². The molecule has 1 aromatic heterocycles. The lowest BCUT2D eigenvalue weighted by Gasteiger charge is -2.37. The second-order valence-corrected chi connectivity index (χ2v) is 6.23. The van der Waals surface area contributed by atoms with Crippen molar-refractivity contribution in [3.8, 4) is 0 Å². The molecule has 4 nitrogen and oxygen atoms in total. The van der Waals surface area contributed by atoms with E-state index in [2.05, 4.69) is 41.3 Å². The Balaban J connectivity index is 1.83. The number of aryl methyl sites for hydroxylation is 2. The highest BCUT2D eigenvalue weighted by molar-refractivity contribution is 5.31. The summed E-state index contributed by atoms with van der Waals surface area (Å²) in [6.07, 6.45) is 6.99. The fraction of sp³-hybridized carbons (Fsp3) is 0.529. The molecule has 0 spiro atoms. The van der Waals surface area contributed by atoms with E-state index in [1.807, 2.05) is 4.68 Å². The van der Waals surface area contributed by atoms with Gasteiger partial charge in [-0.2, -0.15) is 5.10 Å². The van der Waals surface area contributed by atoms with E-state index in [1.54, 1.807) is 6.33 Å². The Kier molecular flexibility index (Phi) is 4.06. The number of nitrogens with two attached hydrogens (primary N) is 1. The Morgan fingerprint density at radius 3 is 2.86 bits per heavy atom. The smallest absolute Gasteiger partial charge is 0.138 e. The molecule has 1 aliphatic rings. The summed E-state index contributed by atoms with van der Waals surface area (Å²) in [4.78, 5) is 4.47. The van der Waals surface area contributed by atoms with Crippen LogP contribution in [0.25, 0.3) is 0 Å². The molecule has 0 fully saturated rings. The summed E-state index contributed by atoms with van der Waals surface area (Å²) in [5, 5.41) is 4.35. The second kappa shape index (κ2) is 5.98. The highest BCUT2D eigenvalue weighted by atomic mass is 15.3. The van der Waals surface area contributed by atoms with Gasteiger partial charge in [0.2, 0.25) is 0 Å². The summed E-state index contributed by atoms with van der Waals surface area (Å²) in [5.74, 6) is 1.08. The van der Waals surface area contributed by atoms with Crippen molar-refractivity contribution in [3.05, 3.63) is 47.5 Å². The molecule has 0 amide bonds. The van der Waals surface area contributed by atoms with Crippen molar-refractivity contribution >= 4 is 0 Å². The largest absolute Gasteiger partial charge is 0.330 e. The minimum atomic E-state index is 0.132. The Labute approximate surface area is 126 Å². The predicted molar refractivity (Wildman–Crippen MR) is 84.0 cm³/mol. The number of hydrogen-bond donors (Lipinski definition) is 1. The number of aromatic nitrogens is 3. The summed E-state index contributed by atoms with van der Waals surface area (Å²) < 4.78 is 2.04. The Morgan fingerprint density at radius 2 is 2.10 bits per heavy atom. The lowest BCUT2D eigenvalue weighted by Crippen LogP contribution is -2.39. The van der Waals surface area contributed by atoms with Gasteiger partial charge in [0, 0.05) is 13.0 Å². The molecule has 1 atom stereocenters. The Bertz CT molecular complexity index is 604. The fourth-order valence-corrected chi connectivity index (χ4v) is 3.42. The van der Waals surface area contributed by atoms with Gasteiger partial charge in [-0.15, -0.1) is 0 Å². The van der Waals surface area contributed by atoms with E-state index in [0.717, 1.165) is 44.5 Å². The van der Waals surface area contributed by atoms with Crippen LogP contribution in [0.5, 0.6) is 0 Å². The van der Waals surface area contributed by atoms with Crippen LogP contribution in [0.3, 0.4) is 0 Å². The van der Waals surface area contributed by atoms with Gasteiger partial charge in [-0.05, 0) is 48.8 Å². The topological polar surface area (TPSA) is 56.7 Å². The number of benzene rings is 1. The standard InChI is InChI=1S/C17H24N4/c1-2-9-21-16(19-13-20-21)11-17(12-18)8-7-14-5-3-4-6-15(14)10-17/h3-6,13H,2,7-12,18H2,1H3. The van der Waals surface area contributed by atoms with E-state index in [0.29, 0.717) is 6.54 Å². The summed E-state index contributed by atoms with van der Waals surface area (Å²) in [6.45, 7) is 3.81. The van der Waals surface area contributed by atoms with E-state index in [9.17, 15) is 0 Å². The van der Waals surface area contributed by atoms with Gasteiger partial charge in [0.25, 0.3) is 0 Å². The van der Waals surface area contributed by atoms with Gasteiger partial charge in [0.15, 0.2) is 0 Å². The van der Waals surface area contributed by atoms with E-state index in [-0.39, 0.29) is 5.41 Å². The van der Waals surface area contributed by atoms with E-state index in [1.165, 1.54) is 11.1 Å². The number of nitrogens with zero attached hydrogens (tertiary/aromatic N) is 3. The van der Waals surface area contributed by atoms with Crippen LogP contribution >= 0.6 is 0 Å². The average molecular weight is 284 g/mol. The van der Waals surface area contributed by atoms with Crippen LogP contribution in [0, 0.1) is 5.41 Å². The van der Waals surface area contributed by atoms with Gasteiger partial charge in [0.05, 0.1) is 0 Å². The molecule has 1 aliphatic carbocycles. The molecule has 4 heteroatoms. The molecule has 112 valence electrons. The molecule has 1 unspecified atom stereocenters. The predicted octanol–water partition coefficient (Wildman–Crippen LogP) is 2.36. The first kappa shape index (κ1) is 14.3. The SMILES string of the molecule is CCCn1ncnc1CC1(CN)CCc2ccccc2C1. The third kappa shape index (κ3) is 2.86. The molecule has 3 rings (SSSR count). The van der Waals surface area contributed by atoms with Crippen LogP contribution in [-0.4, -0.2) is 21.3 Å². The van der Waals surface area contributed by atoms with Crippen LogP contribution in [0.1, 0.15) is 36.7 Å². The zero-order valence-electron chi connectivity index (χ0n) is 12.8. The van der Waals surface area contributed by atoms with Crippen molar-refractivity contribution in [2.24, 2.45) is 11.1 Å². The van der Waals surface area contributed by atoms with Crippen molar-refractivity contribution in [2.45, 2.75) is 45.6 Å². The summed E-state index contributed by atoms with van der Waals surface area (Å²) in [7, 11) is 0. The minimum absolute atomic E-state index is 0.132. The zero-order chi connectivity index (χ0) is 14.7. The number of hydrogen-bond acceptors (Lipinski definition) is 3. The van der Waals surface area contributed by atoms with Crippen LogP contribution in [-0.2, 0) is 25.8 Å². The molecule has 1 aromatic carbocycles. The van der Waals surface area contributed by atoms with E-state index >= 15 is 0 Å². The number of rotatable bonds is 5. The molecule has 2 aromatic rings. The van der Waals surface area contributed by atoms with Crippen LogP contribution < -0.4 is 5.73 Å². The molecular weight excluding hydrogens is 260 g/mol. The third-order valence-electron chi connectivity index (χ3n) is 4.71. The third-order valence-corrected chi connectivity index (χ3v) is 4.71. The molecule has 1 heterocycles. The molecule has 0 aliphatic heterocycles. The normalized spacial score (nSPS) is 21.2. The Hall–Kier alpha value is -1.68. The maximum absolute atomic E-state index is 6.18. The van der Waals surface area contributed by atoms with Gasteiger partial charge >= 0.3 is 0 Å². The molecule has 0 saturated carbocycles. The molecule has 2 N–H and O–H groups in total. The van der Waals surface area contributed by atoms with Crippen LogP contribution in [0.4, 0.5) is 0 Å². The average Bonchev–Trinajstić information content (AvgIpc) is 2.94. The van der Waals surface area contributed by atoms with Gasteiger partial charge < -0.3 is 5.73 Å². The first-order valence-corrected chi connectivity index (χ1v) is 7.90. The molecule has 0 radical (unpaired) electrons. The lowest BCUT2D eigenvalue weighted by molar-refractivity contribution is 0.244. The highest BCUT2D eigenvalue weighted by Crippen LogP contribution is 2.37. The van der Waals surface area contributed by atoms with Gasteiger partial charge in [-0.1, -0.05) is 31.2 Å². The van der Waals surface area contributed by atoms with Gasteiger partial charge in [0.1, 0.15) is 12.2 Å². The van der Waals surface area contributed by atoms with E-state index in [4.69, 9.17) is 5.73 Å². The fourth-order valence-electron chi connectivity index (χ4n) is 3.42. The molecule has 0 saturated heterocycles. The first-order chi connectivity index (χ1) is 10.3. The lowest BCUT2D eigenvalue weighted by atomic mass is 9.69. The quantitative estimate of drug-likeness (QED) is 0.917. The van der Waals surface area contributed by atoms with Crippen molar-refractivity contribution in [1.29, 1.82) is 0 Å². The second-order valence-electron chi connectivity index (χ2n) is 6.23. The number of fused-ring (bicyclic) bond motifs is 1. The van der Waals surface area contributed by atoms with Crippen molar-refractivity contribution in [3.63, 3.8) is 0 Å². The Morgan fingerprint density at radius 1 is 1.29 bits per heavy atom. The molecule has 21 heavy (non-hydrogen) atoms. The summed E-state index contributed by atoms with van der Waals surface area (Å²) in [6, 6.07) is 8.75. The van der Waals surface area contributed by atoms with Crippen LogP contribution in [0.15, 0.2) is 30.6 Å². The van der Waals surface area contributed by atoms with Crippen molar-refractivity contribution < 1.29 is 0 Å². The summed E-state index contributed by atoms with van der Waals surface area (Å²) in [5.41, 5.74) is 9.25. The minimum Gasteiger partial charge on any atom is -0.330 e. The molecule has 0 bridgehead atoms.